The zero-order valence-corrected chi connectivity index (χ0v) is 17.6. The maximum atomic E-state index is 14.5. The van der Waals surface area contributed by atoms with Gasteiger partial charge in [-0.05, 0) is 24.6 Å². The van der Waals surface area contributed by atoms with Crippen molar-refractivity contribution in [3.8, 4) is 11.3 Å². The van der Waals surface area contributed by atoms with E-state index >= 15 is 0 Å². The SMILES string of the molecule is CCCCCCNC(=O)c1cc(-c2ccccc2F)n2nc(C(C)(C)C)cc2n1. The average Bonchev–Trinajstić information content (AvgIpc) is 3.12. The second-order valence-electron chi connectivity index (χ2n) is 8.37. The van der Waals surface area contributed by atoms with Gasteiger partial charge in [0.15, 0.2) is 5.65 Å². The van der Waals surface area contributed by atoms with Crippen LogP contribution in [0.25, 0.3) is 16.9 Å². The van der Waals surface area contributed by atoms with Crippen molar-refractivity contribution < 1.29 is 9.18 Å². The van der Waals surface area contributed by atoms with E-state index in [0.717, 1.165) is 31.4 Å². The van der Waals surface area contributed by atoms with Crippen LogP contribution in [0.3, 0.4) is 0 Å². The topological polar surface area (TPSA) is 59.3 Å². The highest BCUT2D eigenvalue weighted by molar-refractivity contribution is 5.94. The minimum atomic E-state index is -0.362. The minimum absolute atomic E-state index is 0.193. The third kappa shape index (κ3) is 4.81. The fourth-order valence-electron chi connectivity index (χ4n) is 3.16. The Hall–Kier alpha value is -2.76. The fraction of sp³-hybridized carbons (Fsp3) is 0.435. The Labute approximate surface area is 171 Å². The maximum Gasteiger partial charge on any atom is 0.270 e. The number of hydrogen-bond acceptors (Lipinski definition) is 3. The molecule has 0 radical (unpaired) electrons. The number of halogens is 1. The van der Waals surface area contributed by atoms with E-state index in [9.17, 15) is 9.18 Å². The highest BCUT2D eigenvalue weighted by Gasteiger charge is 2.22. The van der Waals surface area contributed by atoms with E-state index in [4.69, 9.17) is 0 Å². The third-order valence-electron chi connectivity index (χ3n) is 4.89. The van der Waals surface area contributed by atoms with Gasteiger partial charge in [-0.15, -0.1) is 0 Å². The van der Waals surface area contributed by atoms with Gasteiger partial charge in [0.05, 0.1) is 11.4 Å². The molecule has 3 rings (SSSR count). The number of amides is 1. The van der Waals surface area contributed by atoms with E-state index in [-0.39, 0.29) is 22.8 Å². The minimum Gasteiger partial charge on any atom is -0.351 e. The van der Waals surface area contributed by atoms with Gasteiger partial charge in [0.25, 0.3) is 5.91 Å². The van der Waals surface area contributed by atoms with Crippen LogP contribution in [-0.2, 0) is 5.41 Å². The van der Waals surface area contributed by atoms with Gasteiger partial charge in [0, 0.05) is 23.6 Å². The molecule has 0 aliphatic rings. The molecule has 154 valence electrons. The Kier molecular flexibility index (Phi) is 6.30. The van der Waals surface area contributed by atoms with Crippen molar-refractivity contribution in [1.29, 1.82) is 0 Å². The van der Waals surface area contributed by atoms with E-state index < -0.39 is 0 Å². The molecule has 29 heavy (non-hydrogen) atoms. The molecule has 3 aromatic rings. The van der Waals surface area contributed by atoms with Crippen LogP contribution in [0.4, 0.5) is 4.39 Å². The zero-order chi connectivity index (χ0) is 21.0. The summed E-state index contributed by atoms with van der Waals surface area (Å²) in [5.74, 6) is -0.612. The average molecular weight is 397 g/mol. The number of nitrogens with one attached hydrogen (secondary N) is 1. The van der Waals surface area contributed by atoms with Crippen molar-refractivity contribution in [2.24, 2.45) is 0 Å². The molecule has 0 fully saturated rings. The second kappa shape index (κ2) is 8.72. The van der Waals surface area contributed by atoms with Crippen LogP contribution >= 0.6 is 0 Å². The van der Waals surface area contributed by atoms with Crippen molar-refractivity contribution >= 4 is 11.6 Å². The Morgan fingerprint density at radius 2 is 1.90 bits per heavy atom. The van der Waals surface area contributed by atoms with E-state index in [1.165, 1.54) is 6.07 Å². The number of carbonyl (C=O) groups excluding carboxylic acids is 1. The standard InChI is InChI=1S/C23H29FN4O/c1-5-6-7-10-13-25-22(29)18-14-19(16-11-8-9-12-17(16)24)28-21(26-18)15-20(27-28)23(2,3)4/h8-9,11-12,14-15H,5-7,10,13H2,1-4H3,(H,25,29). The summed E-state index contributed by atoms with van der Waals surface area (Å²) in [6, 6.07) is 9.99. The van der Waals surface area contributed by atoms with Crippen molar-refractivity contribution in [3.63, 3.8) is 0 Å². The molecule has 2 heterocycles. The van der Waals surface area contributed by atoms with Gasteiger partial charge >= 0.3 is 0 Å². The monoisotopic (exact) mass is 396 g/mol. The summed E-state index contributed by atoms with van der Waals surface area (Å²) in [4.78, 5) is 17.2. The maximum absolute atomic E-state index is 14.5. The number of carbonyl (C=O) groups is 1. The summed E-state index contributed by atoms with van der Waals surface area (Å²) in [7, 11) is 0. The van der Waals surface area contributed by atoms with Crippen LogP contribution in [0.1, 0.15) is 69.6 Å². The first-order chi connectivity index (χ1) is 13.8. The normalized spacial score (nSPS) is 11.8. The number of unbranched alkanes of at least 4 members (excludes halogenated alkanes) is 3. The zero-order valence-electron chi connectivity index (χ0n) is 17.6. The molecule has 2 aromatic heterocycles. The van der Waals surface area contributed by atoms with Gasteiger partial charge in [-0.25, -0.2) is 13.9 Å². The van der Waals surface area contributed by atoms with Gasteiger partial charge in [-0.2, -0.15) is 5.10 Å². The smallest absolute Gasteiger partial charge is 0.270 e. The number of aromatic nitrogens is 3. The van der Waals surface area contributed by atoms with Gasteiger partial charge < -0.3 is 5.32 Å². The molecule has 0 spiro atoms. The summed E-state index contributed by atoms with van der Waals surface area (Å²) in [6.07, 6.45) is 4.32. The molecule has 1 amide bonds. The molecule has 0 atom stereocenters. The molecule has 0 saturated carbocycles. The molecule has 6 heteroatoms. The molecule has 0 aliphatic heterocycles. The molecule has 1 aromatic carbocycles. The fourth-order valence-corrected chi connectivity index (χ4v) is 3.16. The summed E-state index contributed by atoms with van der Waals surface area (Å²) in [5, 5.41) is 7.58. The quantitative estimate of drug-likeness (QED) is 0.562. The summed E-state index contributed by atoms with van der Waals surface area (Å²) in [5.41, 5.74) is 2.35. The van der Waals surface area contributed by atoms with Crippen LogP contribution in [-0.4, -0.2) is 27.0 Å². The highest BCUT2D eigenvalue weighted by Crippen LogP contribution is 2.27. The Bertz CT molecular complexity index is 1000. The van der Waals surface area contributed by atoms with Crippen LogP contribution in [0, 0.1) is 5.82 Å². The van der Waals surface area contributed by atoms with Crippen molar-refractivity contribution in [2.75, 3.05) is 6.54 Å². The molecular weight excluding hydrogens is 367 g/mol. The summed E-state index contributed by atoms with van der Waals surface area (Å²) < 4.78 is 16.2. The molecule has 0 unspecified atom stereocenters. The first-order valence-corrected chi connectivity index (χ1v) is 10.3. The predicted molar refractivity (Wildman–Crippen MR) is 114 cm³/mol. The van der Waals surface area contributed by atoms with E-state index in [0.29, 0.717) is 23.4 Å². The number of fused-ring (bicyclic) bond motifs is 1. The predicted octanol–water partition coefficient (Wildman–Crippen LogP) is 5.14. The molecule has 0 aliphatic carbocycles. The van der Waals surface area contributed by atoms with Crippen molar-refractivity contribution in [2.45, 2.75) is 58.8 Å². The van der Waals surface area contributed by atoms with Crippen molar-refractivity contribution in [3.05, 3.63) is 53.6 Å². The molecule has 0 saturated heterocycles. The highest BCUT2D eigenvalue weighted by atomic mass is 19.1. The number of hydrogen-bond donors (Lipinski definition) is 1. The number of nitrogens with zero attached hydrogens (tertiary/aromatic N) is 3. The largest absolute Gasteiger partial charge is 0.351 e. The summed E-state index contributed by atoms with van der Waals surface area (Å²) >= 11 is 0. The molecular formula is C23H29FN4O. The first kappa shape index (κ1) is 21.0. The van der Waals surface area contributed by atoms with E-state index in [1.54, 1.807) is 28.8 Å². The lowest BCUT2D eigenvalue weighted by atomic mass is 9.93. The Balaban J connectivity index is 2.01. The first-order valence-electron chi connectivity index (χ1n) is 10.3. The Morgan fingerprint density at radius 3 is 2.59 bits per heavy atom. The van der Waals surface area contributed by atoms with E-state index in [2.05, 4.69) is 43.1 Å². The van der Waals surface area contributed by atoms with Crippen LogP contribution < -0.4 is 5.32 Å². The number of rotatable bonds is 7. The summed E-state index contributed by atoms with van der Waals surface area (Å²) in [6.45, 7) is 8.93. The lowest BCUT2D eigenvalue weighted by Crippen LogP contribution is -2.25. The van der Waals surface area contributed by atoms with E-state index in [1.807, 2.05) is 6.07 Å². The number of benzene rings is 1. The Morgan fingerprint density at radius 1 is 1.14 bits per heavy atom. The van der Waals surface area contributed by atoms with Gasteiger partial charge in [0.2, 0.25) is 0 Å². The molecule has 1 N–H and O–H groups in total. The lowest BCUT2D eigenvalue weighted by Gasteiger charge is -2.13. The van der Waals surface area contributed by atoms with Gasteiger partial charge in [-0.1, -0.05) is 59.1 Å². The third-order valence-corrected chi connectivity index (χ3v) is 4.89. The van der Waals surface area contributed by atoms with Crippen LogP contribution in [0.2, 0.25) is 0 Å². The van der Waals surface area contributed by atoms with Gasteiger partial charge in [0.1, 0.15) is 11.5 Å². The second-order valence-corrected chi connectivity index (χ2v) is 8.37. The molecule has 5 nitrogen and oxygen atoms in total. The van der Waals surface area contributed by atoms with Gasteiger partial charge in [-0.3, -0.25) is 4.79 Å². The van der Waals surface area contributed by atoms with Crippen molar-refractivity contribution in [1.82, 2.24) is 19.9 Å². The molecule has 0 bridgehead atoms. The van der Waals surface area contributed by atoms with Crippen LogP contribution in [0.5, 0.6) is 0 Å². The lowest BCUT2D eigenvalue weighted by molar-refractivity contribution is 0.0948. The van der Waals surface area contributed by atoms with Crippen LogP contribution in [0.15, 0.2) is 36.4 Å².